The Balaban J connectivity index is 1.92. The van der Waals surface area contributed by atoms with E-state index in [0.29, 0.717) is 12.0 Å². The smallest absolute Gasteiger partial charge is 0.0593 e. The summed E-state index contributed by atoms with van der Waals surface area (Å²) in [5.41, 5.74) is 6.62. The van der Waals surface area contributed by atoms with Gasteiger partial charge in [0.1, 0.15) is 0 Å². The minimum atomic E-state index is 0.0571. The highest BCUT2D eigenvalue weighted by atomic mass is 16.5. The molecule has 1 saturated heterocycles. The quantitative estimate of drug-likeness (QED) is 0.762. The maximum Gasteiger partial charge on any atom is 0.0593 e. The second kappa shape index (κ2) is 4.42. The van der Waals surface area contributed by atoms with Gasteiger partial charge in [-0.15, -0.1) is 0 Å². The van der Waals surface area contributed by atoms with Crippen molar-refractivity contribution in [3.8, 4) is 0 Å². The number of hydrogen-bond acceptors (Lipinski definition) is 2. The first-order valence-corrected chi connectivity index (χ1v) is 6.50. The molecule has 0 bridgehead atoms. The van der Waals surface area contributed by atoms with E-state index in [0.717, 1.165) is 18.9 Å². The van der Waals surface area contributed by atoms with Crippen molar-refractivity contribution in [3.63, 3.8) is 0 Å². The van der Waals surface area contributed by atoms with E-state index in [4.69, 9.17) is 10.5 Å². The van der Waals surface area contributed by atoms with Crippen LogP contribution >= 0.6 is 0 Å². The molecule has 2 nitrogen and oxygen atoms in total. The minimum absolute atomic E-state index is 0.0571. The van der Waals surface area contributed by atoms with Crippen LogP contribution in [0, 0.1) is 11.8 Å². The van der Waals surface area contributed by atoms with Crippen LogP contribution in [0.2, 0.25) is 0 Å². The number of ether oxygens (including phenoxy) is 1. The molecule has 0 aromatic heterocycles. The largest absolute Gasteiger partial charge is 0.378 e. The minimum Gasteiger partial charge on any atom is -0.378 e. The van der Waals surface area contributed by atoms with Crippen molar-refractivity contribution < 1.29 is 4.74 Å². The third-order valence-corrected chi connectivity index (χ3v) is 4.47. The van der Waals surface area contributed by atoms with Crippen LogP contribution in [0.1, 0.15) is 52.4 Å². The van der Waals surface area contributed by atoms with Crippen molar-refractivity contribution in [1.82, 2.24) is 0 Å². The van der Waals surface area contributed by atoms with Gasteiger partial charge in [-0.2, -0.15) is 0 Å². The highest BCUT2D eigenvalue weighted by Crippen LogP contribution is 2.39. The van der Waals surface area contributed by atoms with Gasteiger partial charge in [-0.25, -0.2) is 0 Å². The van der Waals surface area contributed by atoms with Gasteiger partial charge in [-0.3, -0.25) is 0 Å². The Kier molecular flexibility index (Phi) is 3.36. The Labute approximate surface area is 93.6 Å². The van der Waals surface area contributed by atoms with E-state index in [-0.39, 0.29) is 5.54 Å². The fourth-order valence-electron chi connectivity index (χ4n) is 3.25. The molecule has 1 aliphatic heterocycles. The monoisotopic (exact) mass is 211 g/mol. The molecule has 1 heterocycles. The zero-order valence-electron chi connectivity index (χ0n) is 10.2. The summed E-state index contributed by atoms with van der Waals surface area (Å²) in [6, 6.07) is 0. The topological polar surface area (TPSA) is 35.2 Å². The summed E-state index contributed by atoms with van der Waals surface area (Å²) >= 11 is 0. The lowest BCUT2D eigenvalue weighted by atomic mass is 9.68. The fraction of sp³-hybridized carbons (Fsp3) is 1.00. The molecule has 0 amide bonds. The third kappa shape index (κ3) is 2.54. The van der Waals surface area contributed by atoms with Crippen LogP contribution < -0.4 is 5.73 Å². The van der Waals surface area contributed by atoms with Crippen molar-refractivity contribution in [2.45, 2.75) is 64.0 Å². The maximum atomic E-state index is 6.56. The van der Waals surface area contributed by atoms with Gasteiger partial charge >= 0.3 is 0 Å². The van der Waals surface area contributed by atoms with Gasteiger partial charge < -0.3 is 10.5 Å². The lowest BCUT2D eigenvalue weighted by Crippen LogP contribution is -2.51. The zero-order chi connectivity index (χ0) is 10.9. The van der Waals surface area contributed by atoms with Gasteiger partial charge in [0.25, 0.3) is 0 Å². The first-order valence-electron chi connectivity index (χ1n) is 6.50. The maximum absolute atomic E-state index is 6.56. The van der Waals surface area contributed by atoms with Crippen LogP contribution in [-0.2, 0) is 4.74 Å². The van der Waals surface area contributed by atoms with Crippen molar-refractivity contribution >= 4 is 0 Å². The van der Waals surface area contributed by atoms with Crippen molar-refractivity contribution in [1.29, 1.82) is 0 Å². The molecule has 15 heavy (non-hydrogen) atoms. The van der Waals surface area contributed by atoms with E-state index < -0.39 is 0 Å². The van der Waals surface area contributed by atoms with Crippen molar-refractivity contribution in [2.24, 2.45) is 17.6 Å². The first kappa shape index (κ1) is 11.4. The van der Waals surface area contributed by atoms with E-state index in [1.54, 1.807) is 0 Å². The summed E-state index contributed by atoms with van der Waals surface area (Å²) in [6.07, 6.45) is 7.77. The number of rotatable bonds is 2. The molecule has 88 valence electrons. The highest BCUT2D eigenvalue weighted by Gasteiger charge is 2.39. The second-order valence-corrected chi connectivity index (χ2v) is 5.85. The molecule has 2 aliphatic rings. The van der Waals surface area contributed by atoms with Gasteiger partial charge in [0.2, 0.25) is 0 Å². The van der Waals surface area contributed by atoms with Crippen LogP contribution in [0.3, 0.4) is 0 Å². The third-order valence-electron chi connectivity index (χ3n) is 4.47. The van der Waals surface area contributed by atoms with Crippen LogP contribution in [0.5, 0.6) is 0 Å². The zero-order valence-corrected chi connectivity index (χ0v) is 10.2. The molecule has 2 heteroatoms. The predicted molar refractivity (Wildman–Crippen MR) is 62.7 cm³/mol. The lowest BCUT2D eigenvalue weighted by molar-refractivity contribution is 0.0510. The summed E-state index contributed by atoms with van der Waals surface area (Å²) in [5, 5.41) is 0. The van der Waals surface area contributed by atoms with E-state index >= 15 is 0 Å². The Morgan fingerprint density at radius 2 is 2.13 bits per heavy atom. The summed E-state index contributed by atoms with van der Waals surface area (Å²) in [4.78, 5) is 0. The molecular weight excluding hydrogens is 186 g/mol. The van der Waals surface area contributed by atoms with E-state index in [1.807, 2.05) is 0 Å². The van der Waals surface area contributed by atoms with Crippen LogP contribution in [-0.4, -0.2) is 18.2 Å². The molecule has 2 N–H and O–H groups in total. The summed E-state index contributed by atoms with van der Waals surface area (Å²) in [6.45, 7) is 5.62. The first-order chi connectivity index (χ1) is 7.10. The van der Waals surface area contributed by atoms with E-state index in [1.165, 1.54) is 32.1 Å². The second-order valence-electron chi connectivity index (χ2n) is 5.85. The number of hydrogen-bond donors (Lipinski definition) is 1. The molecular formula is C13H25NO. The molecule has 4 unspecified atom stereocenters. The van der Waals surface area contributed by atoms with Gasteiger partial charge in [0.15, 0.2) is 0 Å². The van der Waals surface area contributed by atoms with Crippen LogP contribution in [0.25, 0.3) is 0 Å². The molecule has 2 rings (SSSR count). The van der Waals surface area contributed by atoms with Gasteiger partial charge in [0.05, 0.1) is 6.10 Å². The Hall–Kier alpha value is -0.0800. The summed E-state index contributed by atoms with van der Waals surface area (Å²) in [5.74, 6) is 1.52. The average Bonchev–Trinajstić information content (AvgIpc) is 2.65. The van der Waals surface area contributed by atoms with E-state index in [9.17, 15) is 0 Å². The van der Waals surface area contributed by atoms with Gasteiger partial charge in [-0.05, 0) is 50.4 Å². The fourth-order valence-corrected chi connectivity index (χ4v) is 3.25. The molecule has 2 fully saturated rings. The molecule has 4 atom stereocenters. The average molecular weight is 211 g/mol. The van der Waals surface area contributed by atoms with Gasteiger partial charge in [0, 0.05) is 12.1 Å². The SMILES string of the molecule is CC1CCC(N)(CC2CCCO2)C(C)C1. The van der Waals surface area contributed by atoms with Crippen molar-refractivity contribution in [3.05, 3.63) is 0 Å². The Morgan fingerprint density at radius 3 is 2.73 bits per heavy atom. The van der Waals surface area contributed by atoms with Gasteiger partial charge in [-0.1, -0.05) is 13.8 Å². The Bertz CT molecular complexity index is 213. The summed E-state index contributed by atoms with van der Waals surface area (Å²) in [7, 11) is 0. The number of nitrogens with two attached hydrogens (primary N) is 1. The summed E-state index contributed by atoms with van der Waals surface area (Å²) < 4.78 is 5.72. The lowest BCUT2D eigenvalue weighted by Gasteiger charge is -2.43. The molecule has 0 radical (unpaired) electrons. The molecule has 0 aromatic carbocycles. The van der Waals surface area contributed by atoms with E-state index in [2.05, 4.69) is 13.8 Å². The highest BCUT2D eigenvalue weighted by molar-refractivity contribution is 4.96. The van der Waals surface area contributed by atoms with Crippen LogP contribution in [0.15, 0.2) is 0 Å². The van der Waals surface area contributed by atoms with Crippen molar-refractivity contribution in [2.75, 3.05) is 6.61 Å². The molecule has 0 spiro atoms. The Morgan fingerprint density at radius 1 is 1.33 bits per heavy atom. The molecule has 0 aromatic rings. The molecule has 1 aliphatic carbocycles. The normalized spacial score (nSPS) is 47.0. The predicted octanol–water partition coefficient (Wildman–Crippen LogP) is 2.71. The standard InChI is InChI=1S/C13H25NO/c1-10-5-6-13(14,11(2)8-10)9-12-4-3-7-15-12/h10-12H,3-9,14H2,1-2H3. The molecule has 1 saturated carbocycles. The van der Waals surface area contributed by atoms with Crippen LogP contribution in [0.4, 0.5) is 0 Å².